The fourth-order valence-corrected chi connectivity index (χ4v) is 3.69. The first-order valence-corrected chi connectivity index (χ1v) is 11.3. The van der Waals surface area contributed by atoms with Crippen molar-refractivity contribution in [2.24, 2.45) is 4.99 Å². The van der Waals surface area contributed by atoms with E-state index in [4.69, 9.17) is 9.73 Å². The van der Waals surface area contributed by atoms with Crippen molar-refractivity contribution in [1.82, 2.24) is 25.4 Å². The van der Waals surface area contributed by atoms with Crippen LogP contribution in [0.15, 0.2) is 29.3 Å². The Morgan fingerprint density at radius 3 is 2.84 bits per heavy atom. The minimum absolute atomic E-state index is 0. The summed E-state index contributed by atoms with van der Waals surface area (Å²) in [4.78, 5) is 4.69. The Morgan fingerprint density at radius 1 is 1.19 bits per heavy atom. The lowest BCUT2D eigenvalue weighted by molar-refractivity contribution is 0.228. The summed E-state index contributed by atoms with van der Waals surface area (Å²) in [5, 5.41) is 15.6. The maximum absolute atomic E-state index is 6.03. The van der Waals surface area contributed by atoms with Gasteiger partial charge < -0.3 is 19.9 Å². The standard InChI is InChI=1S/C23H36N6O.HI/c1-4-24-23(26-17-19(3)30-20-12-8-7-11-18(20)2)25-15-10-14-22-28-27-21-13-6-5-9-16-29(21)22;/h7-8,11-12,19H,4-6,9-10,13-17H2,1-3H3,(H2,24,25,26);1H. The van der Waals surface area contributed by atoms with Crippen LogP contribution >= 0.6 is 24.0 Å². The molecule has 0 radical (unpaired) electrons. The van der Waals surface area contributed by atoms with E-state index in [1.165, 1.54) is 19.3 Å². The lowest BCUT2D eigenvalue weighted by Gasteiger charge is -2.16. The molecule has 1 unspecified atom stereocenters. The van der Waals surface area contributed by atoms with Crippen LogP contribution < -0.4 is 15.4 Å². The number of para-hydroxylation sites is 1. The number of nitrogens with zero attached hydrogens (tertiary/aromatic N) is 4. The topological polar surface area (TPSA) is 76.4 Å². The van der Waals surface area contributed by atoms with Crippen LogP contribution in [0.4, 0.5) is 0 Å². The third-order valence-corrected chi connectivity index (χ3v) is 5.33. The van der Waals surface area contributed by atoms with Crippen molar-refractivity contribution in [1.29, 1.82) is 0 Å². The molecule has 172 valence electrons. The van der Waals surface area contributed by atoms with E-state index in [2.05, 4.69) is 52.2 Å². The molecule has 1 atom stereocenters. The van der Waals surface area contributed by atoms with E-state index < -0.39 is 0 Å². The molecule has 31 heavy (non-hydrogen) atoms. The Hall–Kier alpha value is -1.84. The zero-order chi connectivity index (χ0) is 21.2. The zero-order valence-corrected chi connectivity index (χ0v) is 21.4. The molecule has 0 aliphatic carbocycles. The largest absolute Gasteiger partial charge is 0.489 e. The third-order valence-electron chi connectivity index (χ3n) is 5.33. The van der Waals surface area contributed by atoms with E-state index in [9.17, 15) is 0 Å². The number of rotatable bonds is 9. The van der Waals surface area contributed by atoms with Crippen molar-refractivity contribution in [2.75, 3.05) is 19.6 Å². The van der Waals surface area contributed by atoms with Crippen LogP contribution in [0.3, 0.4) is 0 Å². The molecule has 0 saturated heterocycles. The van der Waals surface area contributed by atoms with Crippen LogP contribution in [0.25, 0.3) is 0 Å². The summed E-state index contributed by atoms with van der Waals surface area (Å²) in [6.45, 7) is 9.53. The molecule has 2 aromatic rings. The molecule has 2 heterocycles. The van der Waals surface area contributed by atoms with Gasteiger partial charge in [0.1, 0.15) is 23.5 Å². The van der Waals surface area contributed by atoms with Gasteiger partial charge in [0.2, 0.25) is 0 Å². The highest BCUT2D eigenvalue weighted by Gasteiger charge is 2.14. The van der Waals surface area contributed by atoms with Crippen molar-refractivity contribution in [3.63, 3.8) is 0 Å². The molecule has 3 rings (SSSR count). The third kappa shape index (κ3) is 7.97. The minimum atomic E-state index is 0. The number of hydrogen-bond acceptors (Lipinski definition) is 4. The summed E-state index contributed by atoms with van der Waals surface area (Å²) >= 11 is 0. The first-order valence-electron chi connectivity index (χ1n) is 11.3. The number of aliphatic imine (C=N–C) groups is 1. The summed E-state index contributed by atoms with van der Waals surface area (Å²) in [7, 11) is 0. The number of fused-ring (bicyclic) bond motifs is 1. The van der Waals surface area contributed by atoms with Gasteiger partial charge in [0.05, 0.1) is 6.54 Å². The lowest BCUT2D eigenvalue weighted by Crippen LogP contribution is -2.38. The number of ether oxygens (including phenoxy) is 1. The van der Waals surface area contributed by atoms with Gasteiger partial charge >= 0.3 is 0 Å². The van der Waals surface area contributed by atoms with Crippen molar-refractivity contribution in [3.05, 3.63) is 41.5 Å². The smallest absolute Gasteiger partial charge is 0.191 e. The van der Waals surface area contributed by atoms with Crippen LogP contribution in [-0.2, 0) is 19.4 Å². The molecule has 0 bridgehead atoms. The molecule has 0 spiro atoms. The van der Waals surface area contributed by atoms with E-state index in [-0.39, 0.29) is 30.1 Å². The van der Waals surface area contributed by atoms with E-state index in [1.54, 1.807) is 0 Å². The first-order chi connectivity index (χ1) is 14.7. The Morgan fingerprint density at radius 2 is 2.03 bits per heavy atom. The average Bonchev–Trinajstić information content (AvgIpc) is 2.97. The van der Waals surface area contributed by atoms with Crippen LogP contribution in [0, 0.1) is 6.92 Å². The predicted molar refractivity (Wildman–Crippen MR) is 137 cm³/mol. The molecule has 1 aliphatic heterocycles. The highest BCUT2D eigenvalue weighted by Crippen LogP contribution is 2.18. The highest BCUT2D eigenvalue weighted by atomic mass is 127. The van der Waals surface area contributed by atoms with Crippen molar-refractivity contribution < 1.29 is 4.74 Å². The summed E-state index contributed by atoms with van der Waals surface area (Å²) < 4.78 is 8.36. The maximum atomic E-state index is 6.03. The number of hydrogen-bond donors (Lipinski definition) is 2. The van der Waals surface area contributed by atoms with Gasteiger partial charge in [-0.25, -0.2) is 4.99 Å². The second kappa shape index (κ2) is 13.5. The fraction of sp³-hybridized carbons (Fsp3) is 0.609. The van der Waals surface area contributed by atoms with Crippen molar-refractivity contribution in [2.45, 2.75) is 71.9 Å². The summed E-state index contributed by atoms with van der Waals surface area (Å²) in [5.74, 6) is 4.03. The molecule has 8 heteroatoms. The van der Waals surface area contributed by atoms with Gasteiger partial charge in [0.15, 0.2) is 5.96 Å². The highest BCUT2D eigenvalue weighted by molar-refractivity contribution is 14.0. The van der Waals surface area contributed by atoms with E-state index in [0.717, 1.165) is 67.8 Å². The van der Waals surface area contributed by atoms with Gasteiger partial charge in [-0.1, -0.05) is 24.6 Å². The quantitative estimate of drug-likeness (QED) is 0.219. The van der Waals surface area contributed by atoms with Gasteiger partial charge in [0, 0.05) is 32.5 Å². The number of benzene rings is 1. The minimum Gasteiger partial charge on any atom is -0.489 e. The van der Waals surface area contributed by atoms with Crippen LogP contribution in [-0.4, -0.2) is 46.5 Å². The number of aromatic nitrogens is 3. The average molecular weight is 540 g/mol. The van der Waals surface area contributed by atoms with E-state index in [1.807, 2.05) is 18.2 Å². The van der Waals surface area contributed by atoms with E-state index in [0.29, 0.717) is 6.54 Å². The van der Waals surface area contributed by atoms with Gasteiger partial charge in [-0.2, -0.15) is 0 Å². The van der Waals surface area contributed by atoms with E-state index >= 15 is 0 Å². The molecule has 1 aliphatic rings. The summed E-state index contributed by atoms with van der Waals surface area (Å²) in [5.41, 5.74) is 1.14. The van der Waals surface area contributed by atoms with Gasteiger partial charge in [-0.3, -0.25) is 0 Å². The zero-order valence-electron chi connectivity index (χ0n) is 19.1. The molecule has 1 aromatic carbocycles. The monoisotopic (exact) mass is 540 g/mol. The number of halogens is 1. The Bertz CT molecular complexity index is 822. The summed E-state index contributed by atoms with van der Waals surface area (Å²) in [6, 6.07) is 8.09. The number of guanidine groups is 1. The van der Waals surface area contributed by atoms with Crippen LogP contribution in [0.2, 0.25) is 0 Å². The normalized spacial score (nSPS) is 14.7. The van der Waals surface area contributed by atoms with Gasteiger partial charge in [-0.05, 0) is 51.7 Å². The van der Waals surface area contributed by atoms with Crippen LogP contribution in [0.1, 0.15) is 56.7 Å². The molecular weight excluding hydrogens is 503 g/mol. The fourth-order valence-electron chi connectivity index (χ4n) is 3.69. The summed E-state index contributed by atoms with van der Waals surface area (Å²) in [6.07, 6.45) is 6.76. The Balaban J connectivity index is 0.00000341. The van der Waals surface area contributed by atoms with Crippen LogP contribution in [0.5, 0.6) is 5.75 Å². The SMILES string of the molecule is CCNC(=NCC(C)Oc1ccccc1C)NCCCc1nnc2n1CCCCC2.I. The van der Waals surface area contributed by atoms with Crippen molar-refractivity contribution >= 4 is 29.9 Å². The lowest BCUT2D eigenvalue weighted by atomic mass is 10.2. The molecule has 0 saturated carbocycles. The van der Waals surface area contributed by atoms with Crippen molar-refractivity contribution in [3.8, 4) is 5.75 Å². The molecule has 0 amide bonds. The molecule has 0 fully saturated rings. The molecule has 7 nitrogen and oxygen atoms in total. The second-order valence-corrected chi connectivity index (χ2v) is 7.94. The second-order valence-electron chi connectivity index (χ2n) is 7.94. The Kier molecular flexibility index (Phi) is 11.1. The first kappa shape index (κ1) is 25.4. The van der Waals surface area contributed by atoms with Gasteiger partial charge in [-0.15, -0.1) is 34.2 Å². The molecular formula is C23H37IN6O. The van der Waals surface area contributed by atoms with Gasteiger partial charge in [0.25, 0.3) is 0 Å². The molecule has 1 aromatic heterocycles. The predicted octanol–water partition coefficient (Wildman–Crippen LogP) is 3.89. The number of nitrogens with one attached hydrogen (secondary N) is 2. The molecule has 2 N–H and O–H groups in total. The Labute approximate surface area is 203 Å². The number of aryl methyl sites for hydroxylation is 3. The maximum Gasteiger partial charge on any atom is 0.191 e.